The lowest BCUT2D eigenvalue weighted by molar-refractivity contribution is 0.285. The Morgan fingerprint density at radius 2 is 2.15 bits per heavy atom. The Hall–Kier alpha value is -0.580. The van der Waals surface area contributed by atoms with Crippen LogP contribution in [0.15, 0.2) is 22.7 Å². The summed E-state index contributed by atoms with van der Waals surface area (Å²) in [6.07, 6.45) is 0. The van der Waals surface area contributed by atoms with Crippen molar-refractivity contribution in [2.75, 3.05) is 5.73 Å². The summed E-state index contributed by atoms with van der Waals surface area (Å²) in [5.41, 5.74) is 6.43. The fourth-order valence-corrected chi connectivity index (χ4v) is 2.97. The Bertz CT molecular complexity index is 452. The van der Waals surface area contributed by atoms with Crippen LogP contribution in [0.5, 0.6) is 0 Å². The smallest absolute Gasteiger partial charge is 0.0774 e. The highest BCUT2D eigenvalue weighted by molar-refractivity contribution is 9.10. The van der Waals surface area contributed by atoms with Gasteiger partial charge in [0.2, 0.25) is 0 Å². The average molecular weight is 258 g/mol. The van der Waals surface area contributed by atoms with Gasteiger partial charge in [0.15, 0.2) is 0 Å². The first-order chi connectivity index (χ1) is 6.20. The molecule has 0 radical (unpaired) electrons. The van der Waals surface area contributed by atoms with Crippen LogP contribution in [-0.2, 0) is 6.61 Å². The molecule has 1 heterocycles. The molecule has 0 atom stereocenters. The molecule has 0 aliphatic heterocycles. The predicted molar refractivity (Wildman–Crippen MR) is 59.9 cm³/mol. The van der Waals surface area contributed by atoms with E-state index >= 15 is 0 Å². The van der Waals surface area contributed by atoms with Crippen LogP contribution < -0.4 is 5.73 Å². The summed E-state index contributed by atoms with van der Waals surface area (Å²) in [5, 5.41) is 10.1. The molecule has 0 amide bonds. The molecule has 13 heavy (non-hydrogen) atoms. The van der Waals surface area contributed by atoms with E-state index in [0.717, 1.165) is 25.1 Å². The molecule has 1 aromatic heterocycles. The Balaban J connectivity index is 2.75. The number of fused-ring (bicyclic) bond motifs is 1. The molecule has 0 aliphatic rings. The van der Waals surface area contributed by atoms with Gasteiger partial charge in [-0.25, -0.2) is 0 Å². The zero-order valence-corrected chi connectivity index (χ0v) is 9.15. The second-order valence-corrected chi connectivity index (χ2v) is 4.81. The number of hydrogen-bond donors (Lipinski definition) is 2. The molecule has 2 aromatic rings. The monoisotopic (exact) mass is 257 g/mol. The van der Waals surface area contributed by atoms with Crippen LogP contribution in [0.3, 0.4) is 0 Å². The third kappa shape index (κ3) is 1.57. The van der Waals surface area contributed by atoms with Crippen LogP contribution in [0.2, 0.25) is 0 Å². The maximum absolute atomic E-state index is 8.96. The lowest BCUT2D eigenvalue weighted by Gasteiger charge is -1.95. The molecule has 68 valence electrons. The molecule has 0 saturated heterocycles. The molecule has 0 saturated carbocycles. The highest BCUT2D eigenvalue weighted by atomic mass is 79.9. The molecule has 2 nitrogen and oxygen atoms in total. The Kier molecular flexibility index (Phi) is 2.27. The predicted octanol–water partition coefficient (Wildman–Crippen LogP) is 2.74. The van der Waals surface area contributed by atoms with Gasteiger partial charge < -0.3 is 10.8 Å². The number of nitrogens with two attached hydrogens (primary N) is 1. The zero-order valence-electron chi connectivity index (χ0n) is 6.75. The lowest BCUT2D eigenvalue weighted by atomic mass is 10.2. The number of aliphatic hydroxyl groups excluding tert-OH is 1. The quantitative estimate of drug-likeness (QED) is 0.772. The summed E-state index contributed by atoms with van der Waals surface area (Å²) in [7, 11) is 0. The van der Waals surface area contributed by atoms with Crippen molar-refractivity contribution in [3.63, 3.8) is 0 Å². The fraction of sp³-hybridized carbons (Fsp3) is 0.111. The van der Waals surface area contributed by atoms with Crippen LogP contribution >= 0.6 is 27.3 Å². The first-order valence-corrected chi connectivity index (χ1v) is 5.40. The number of rotatable bonds is 1. The van der Waals surface area contributed by atoms with E-state index in [4.69, 9.17) is 10.8 Å². The summed E-state index contributed by atoms with van der Waals surface area (Å²) in [6, 6.07) is 5.77. The van der Waals surface area contributed by atoms with Gasteiger partial charge in [0.1, 0.15) is 0 Å². The second-order valence-electron chi connectivity index (χ2n) is 2.79. The van der Waals surface area contributed by atoms with Crippen molar-refractivity contribution < 1.29 is 5.11 Å². The van der Waals surface area contributed by atoms with Gasteiger partial charge in [0.25, 0.3) is 0 Å². The normalized spacial score (nSPS) is 10.9. The summed E-state index contributed by atoms with van der Waals surface area (Å²) in [4.78, 5) is 0.960. The molecule has 0 fully saturated rings. The molecule has 3 N–H and O–H groups in total. The Morgan fingerprint density at radius 3 is 2.85 bits per heavy atom. The van der Waals surface area contributed by atoms with Crippen molar-refractivity contribution in [1.29, 1.82) is 0 Å². The molecular weight excluding hydrogens is 250 g/mol. The van der Waals surface area contributed by atoms with Crippen molar-refractivity contribution in [2.45, 2.75) is 6.61 Å². The van der Waals surface area contributed by atoms with Crippen molar-refractivity contribution in [2.24, 2.45) is 0 Å². The zero-order chi connectivity index (χ0) is 9.42. The van der Waals surface area contributed by atoms with Crippen molar-refractivity contribution in [1.82, 2.24) is 0 Å². The van der Waals surface area contributed by atoms with Crippen LogP contribution in [0.25, 0.3) is 10.1 Å². The topological polar surface area (TPSA) is 46.2 Å². The van der Waals surface area contributed by atoms with Crippen LogP contribution in [0.1, 0.15) is 4.88 Å². The Morgan fingerprint density at radius 1 is 1.38 bits per heavy atom. The number of benzene rings is 1. The number of aliphatic hydroxyl groups is 1. The number of halogens is 1. The van der Waals surface area contributed by atoms with Crippen molar-refractivity contribution >= 4 is 43.0 Å². The standard InChI is InChI=1S/C9H8BrNOS/c10-8-1-5(11)2-9-7(8)3-6(4-12)13-9/h1-3,12H,4,11H2. The van der Waals surface area contributed by atoms with E-state index in [0.29, 0.717) is 0 Å². The second kappa shape index (κ2) is 3.29. The maximum Gasteiger partial charge on any atom is 0.0774 e. The van der Waals surface area contributed by atoms with Gasteiger partial charge in [0.05, 0.1) is 6.61 Å². The highest BCUT2D eigenvalue weighted by Gasteiger charge is 2.04. The summed E-state index contributed by atoms with van der Waals surface area (Å²) in [6.45, 7) is 0.0890. The van der Waals surface area contributed by atoms with E-state index in [9.17, 15) is 0 Å². The van der Waals surface area contributed by atoms with Crippen molar-refractivity contribution in [3.8, 4) is 0 Å². The van der Waals surface area contributed by atoms with Gasteiger partial charge in [-0.1, -0.05) is 15.9 Å². The minimum atomic E-state index is 0.0890. The van der Waals surface area contributed by atoms with Crippen molar-refractivity contribution in [3.05, 3.63) is 27.5 Å². The van der Waals surface area contributed by atoms with Gasteiger partial charge in [-0.15, -0.1) is 11.3 Å². The summed E-state index contributed by atoms with van der Waals surface area (Å²) < 4.78 is 2.09. The van der Waals surface area contributed by atoms with E-state index in [-0.39, 0.29) is 6.61 Å². The van der Waals surface area contributed by atoms with Gasteiger partial charge in [0, 0.05) is 25.1 Å². The first-order valence-electron chi connectivity index (χ1n) is 3.79. The molecule has 0 aliphatic carbocycles. The van der Waals surface area contributed by atoms with Gasteiger partial charge in [-0.2, -0.15) is 0 Å². The van der Waals surface area contributed by atoms with Crippen LogP contribution in [-0.4, -0.2) is 5.11 Å². The van der Waals surface area contributed by atoms with Crippen LogP contribution in [0.4, 0.5) is 5.69 Å². The minimum absolute atomic E-state index is 0.0890. The molecule has 0 unspecified atom stereocenters. The minimum Gasteiger partial charge on any atom is -0.399 e. The molecule has 0 bridgehead atoms. The number of thiophene rings is 1. The first kappa shape index (κ1) is 8.99. The summed E-state index contributed by atoms with van der Waals surface area (Å²) >= 11 is 5.00. The lowest BCUT2D eigenvalue weighted by Crippen LogP contribution is -1.82. The van der Waals surface area contributed by atoms with Crippen LogP contribution in [0, 0.1) is 0 Å². The van der Waals surface area contributed by atoms with E-state index in [1.54, 1.807) is 11.3 Å². The summed E-state index contributed by atoms with van der Waals surface area (Å²) in [5.74, 6) is 0. The average Bonchev–Trinajstić information content (AvgIpc) is 2.47. The number of hydrogen-bond acceptors (Lipinski definition) is 3. The molecule has 4 heteroatoms. The van der Waals surface area contributed by atoms with Gasteiger partial charge in [-0.3, -0.25) is 0 Å². The molecule has 1 aromatic carbocycles. The molecule has 0 spiro atoms. The fourth-order valence-electron chi connectivity index (χ4n) is 1.25. The van der Waals surface area contributed by atoms with Gasteiger partial charge >= 0.3 is 0 Å². The number of anilines is 1. The third-order valence-electron chi connectivity index (χ3n) is 1.82. The van der Waals surface area contributed by atoms with E-state index in [1.165, 1.54) is 0 Å². The van der Waals surface area contributed by atoms with E-state index < -0.39 is 0 Å². The maximum atomic E-state index is 8.96. The van der Waals surface area contributed by atoms with E-state index in [2.05, 4.69) is 15.9 Å². The molecular formula is C9H8BrNOS. The third-order valence-corrected chi connectivity index (χ3v) is 3.54. The number of nitrogen functional groups attached to an aromatic ring is 1. The molecule has 2 rings (SSSR count). The largest absolute Gasteiger partial charge is 0.399 e. The van der Waals surface area contributed by atoms with E-state index in [1.807, 2.05) is 18.2 Å². The van der Waals surface area contributed by atoms with Gasteiger partial charge in [-0.05, 0) is 18.2 Å². The SMILES string of the molecule is Nc1cc(Br)c2cc(CO)sc2c1. The highest BCUT2D eigenvalue weighted by Crippen LogP contribution is 2.33. The Labute approximate surface area is 88.1 Å².